The number of benzene rings is 1. The van der Waals surface area contributed by atoms with Crippen LogP contribution in [0.3, 0.4) is 0 Å². The maximum Gasteiger partial charge on any atom is 0.123 e. The fourth-order valence-corrected chi connectivity index (χ4v) is 3.34. The minimum atomic E-state index is 0.357. The molecule has 1 aliphatic heterocycles. The normalized spacial score (nSPS) is 18.2. The van der Waals surface area contributed by atoms with Crippen LogP contribution in [0.15, 0.2) is 30.6 Å². The van der Waals surface area contributed by atoms with Crippen molar-refractivity contribution in [3.05, 3.63) is 47.5 Å². The second-order valence-corrected chi connectivity index (χ2v) is 5.82. The Morgan fingerprint density at radius 2 is 2.09 bits per heavy atom. The summed E-state index contributed by atoms with van der Waals surface area (Å²) >= 11 is 0. The van der Waals surface area contributed by atoms with E-state index in [1.807, 2.05) is 18.5 Å². The minimum Gasteiger partial charge on any atom is -0.496 e. The molecule has 0 bridgehead atoms. The molecular formula is C17H23N3O2. The Morgan fingerprint density at radius 3 is 2.86 bits per heavy atom. The average molecular weight is 301 g/mol. The number of imidazole rings is 1. The number of para-hydroxylation sites is 1. The molecule has 22 heavy (non-hydrogen) atoms. The second-order valence-electron chi connectivity index (χ2n) is 5.82. The largest absolute Gasteiger partial charge is 0.496 e. The van der Waals surface area contributed by atoms with Crippen LogP contribution in [0.4, 0.5) is 0 Å². The van der Waals surface area contributed by atoms with E-state index in [1.54, 1.807) is 14.2 Å². The van der Waals surface area contributed by atoms with E-state index in [1.165, 1.54) is 11.3 Å². The number of ether oxygens (including phenoxy) is 2. The van der Waals surface area contributed by atoms with E-state index in [2.05, 4.69) is 33.6 Å². The number of methoxy groups -OCH3 is 2. The summed E-state index contributed by atoms with van der Waals surface area (Å²) in [5.74, 6) is 1.30. The predicted molar refractivity (Wildman–Crippen MR) is 84.9 cm³/mol. The molecule has 3 rings (SSSR count). The molecule has 0 saturated heterocycles. The van der Waals surface area contributed by atoms with Crippen molar-refractivity contribution in [2.24, 2.45) is 7.05 Å². The molecule has 0 N–H and O–H groups in total. The number of hydrogen-bond acceptors (Lipinski definition) is 4. The van der Waals surface area contributed by atoms with Crippen molar-refractivity contribution in [2.75, 3.05) is 27.4 Å². The van der Waals surface area contributed by atoms with Gasteiger partial charge in [-0.1, -0.05) is 18.2 Å². The summed E-state index contributed by atoms with van der Waals surface area (Å²) in [6.45, 7) is 3.42. The summed E-state index contributed by atoms with van der Waals surface area (Å²) in [6.07, 6.45) is 1.90. The van der Waals surface area contributed by atoms with Crippen LogP contribution in [0.5, 0.6) is 5.75 Å². The molecule has 5 heteroatoms. The van der Waals surface area contributed by atoms with Gasteiger partial charge in [0.25, 0.3) is 0 Å². The second kappa shape index (κ2) is 6.50. The zero-order valence-corrected chi connectivity index (χ0v) is 13.5. The molecule has 0 unspecified atom stereocenters. The third kappa shape index (κ3) is 2.87. The van der Waals surface area contributed by atoms with Crippen molar-refractivity contribution in [3.63, 3.8) is 0 Å². The van der Waals surface area contributed by atoms with E-state index >= 15 is 0 Å². The highest BCUT2D eigenvalue weighted by Crippen LogP contribution is 2.29. The lowest BCUT2D eigenvalue weighted by molar-refractivity contribution is 0.131. The molecule has 118 valence electrons. The molecule has 1 aromatic heterocycles. The Kier molecular flexibility index (Phi) is 4.45. The molecule has 0 aliphatic carbocycles. The lowest BCUT2D eigenvalue weighted by atomic mass is 9.98. The van der Waals surface area contributed by atoms with Crippen LogP contribution < -0.4 is 4.74 Å². The highest BCUT2D eigenvalue weighted by atomic mass is 16.5. The van der Waals surface area contributed by atoms with Gasteiger partial charge in [0.1, 0.15) is 5.75 Å². The van der Waals surface area contributed by atoms with Gasteiger partial charge >= 0.3 is 0 Å². The van der Waals surface area contributed by atoms with Crippen LogP contribution in [0.1, 0.15) is 22.9 Å². The summed E-state index contributed by atoms with van der Waals surface area (Å²) in [5, 5.41) is 0. The maximum atomic E-state index is 5.46. The van der Waals surface area contributed by atoms with Crippen LogP contribution in [-0.2, 0) is 24.9 Å². The van der Waals surface area contributed by atoms with Gasteiger partial charge in [0.05, 0.1) is 25.7 Å². The number of rotatable bonds is 5. The van der Waals surface area contributed by atoms with Gasteiger partial charge in [-0.15, -0.1) is 0 Å². The highest BCUT2D eigenvalue weighted by molar-refractivity contribution is 5.33. The van der Waals surface area contributed by atoms with Crippen molar-refractivity contribution in [1.82, 2.24) is 14.5 Å². The summed E-state index contributed by atoms with van der Waals surface area (Å²) in [5.41, 5.74) is 3.67. The Labute approximate surface area is 131 Å². The lowest BCUT2D eigenvalue weighted by Gasteiger charge is -2.32. The summed E-state index contributed by atoms with van der Waals surface area (Å²) in [6, 6.07) is 8.19. The zero-order valence-electron chi connectivity index (χ0n) is 13.5. The van der Waals surface area contributed by atoms with Crippen molar-refractivity contribution in [2.45, 2.75) is 19.0 Å². The fraction of sp³-hybridized carbons (Fsp3) is 0.471. The molecule has 0 spiro atoms. The van der Waals surface area contributed by atoms with E-state index < -0.39 is 0 Å². The smallest absolute Gasteiger partial charge is 0.123 e. The van der Waals surface area contributed by atoms with E-state index in [0.29, 0.717) is 5.92 Å². The van der Waals surface area contributed by atoms with Crippen molar-refractivity contribution < 1.29 is 9.47 Å². The Bertz CT molecular complexity index is 639. The maximum absolute atomic E-state index is 5.46. The third-order valence-electron chi connectivity index (χ3n) is 4.26. The van der Waals surface area contributed by atoms with Crippen LogP contribution in [0.25, 0.3) is 0 Å². The average Bonchev–Trinajstić information content (AvgIpc) is 2.90. The molecule has 2 heterocycles. The molecule has 0 fully saturated rings. The number of aromatic nitrogens is 2. The number of nitrogens with zero attached hydrogens (tertiary/aromatic N) is 3. The standard InChI is InChI=1S/C17H23N3O2/c1-19-12-18-15-10-20(9-14(11-21-2)17(15)19)8-13-6-4-5-7-16(13)22-3/h4-7,12,14H,8-11H2,1-3H3/t14-/m0/s1. The van der Waals surface area contributed by atoms with E-state index in [4.69, 9.17) is 9.47 Å². The van der Waals surface area contributed by atoms with Gasteiger partial charge in [0.2, 0.25) is 0 Å². The third-order valence-corrected chi connectivity index (χ3v) is 4.26. The van der Waals surface area contributed by atoms with Gasteiger partial charge in [-0.25, -0.2) is 4.98 Å². The first-order valence-corrected chi connectivity index (χ1v) is 7.56. The molecule has 0 radical (unpaired) electrons. The number of aryl methyl sites for hydroxylation is 1. The zero-order chi connectivity index (χ0) is 15.5. The van der Waals surface area contributed by atoms with Crippen LogP contribution in [0.2, 0.25) is 0 Å². The first-order chi connectivity index (χ1) is 10.7. The van der Waals surface area contributed by atoms with Crippen molar-refractivity contribution in [1.29, 1.82) is 0 Å². The first-order valence-electron chi connectivity index (χ1n) is 7.56. The minimum absolute atomic E-state index is 0.357. The summed E-state index contributed by atoms with van der Waals surface area (Å²) in [4.78, 5) is 6.97. The van der Waals surface area contributed by atoms with Crippen LogP contribution in [0, 0.1) is 0 Å². The molecule has 1 aliphatic rings. The Hall–Kier alpha value is -1.85. The molecule has 1 aromatic carbocycles. The SMILES string of the molecule is COC[C@@H]1CN(Cc2ccccc2OC)Cc2ncn(C)c21. The monoisotopic (exact) mass is 301 g/mol. The summed E-state index contributed by atoms with van der Waals surface area (Å²) < 4.78 is 13.0. The van der Waals surface area contributed by atoms with E-state index in [9.17, 15) is 0 Å². The molecule has 5 nitrogen and oxygen atoms in total. The van der Waals surface area contributed by atoms with Crippen LogP contribution >= 0.6 is 0 Å². The van der Waals surface area contributed by atoms with E-state index in [0.717, 1.165) is 37.7 Å². The number of fused-ring (bicyclic) bond motifs is 1. The topological polar surface area (TPSA) is 39.5 Å². The fourth-order valence-electron chi connectivity index (χ4n) is 3.34. The molecule has 0 amide bonds. The van der Waals surface area contributed by atoms with Gasteiger partial charge in [-0.3, -0.25) is 4.90 Å². The Morgan fingerprint density at radius 1 is 1.27 bits per heavy atom. The molecular weight excluding hydrogens is 278 g/mol. The predicted octanol–water partition coefficient (Wildman–Crippen LogP) is 2.17. The van der Waals surface area contributed by atoms with Crippen molar-refractivity contribution in [3.8, 4) is 5.75 Å². The quantitative estimate of drug-likeness (QED) is 0.848. The summed E-state index contributed by atoms with van der Waals surface area (Å²) in [7, 11) is 5.54. The van der Waals surface area contributed by atoms with Gasteiger partial charge in [0, 0.05) is 51.0 Å². The van der Waals surface area contributed by atoms with Gasteiger partial charge in [-0.2, -0.15) is 0 Å². The molecule has 2 aromatic rings. The van der Waals surface area contributed by atoms with Gasteiger partial charge in [0.15, 0.2) is 0 Å². The first kappa shape index (κ1) is 15.1. The van der Waals surface area contributed by atoms with E-state index in [-0.39, 0.29) is 0 Å². The molecule has 1 atom stereocenters. The van der Waals surface area contributed by atoms with Gasteiger partial charge < -0.3 is 14.0 Å². The van der Waals surface area contributed by atoms with Gasteiger partial charge in [-0.05, 0) is 6.07 Å². The van der Waals surface area contributed by atoms with Crippen LogP contribution in [-0.4, -0.2) is 41.8 Å². The lowest BCUT2D eigenvalue weighted by Crippen LogP contribution is -2.35. The number of hydrogen-bond donors (Lipinski definition) is 0. The highest BCUT2D eigenvalue weighted by Gasteiger charge is 2.29. The Balaban J connectivity index is 1.82. The van der Waals surface area contributed by atoms with Crippen molar-refractivity contribution >= 4 is 0 Å². The molecule has 0 saturated carbocycles.